The van der Waals surface area contributed by atoms with Gasteiger partial charge in [-0.15, -0.1) is 0 Å². The lowest BCUT2D eigenvalue weighted by molar-refractivity contribution is 0.0599. The fraction of sp³-hybridized carbons (Fsp3) is 0.438. The lowest BCUT2D eigenvalue weighted by atomic mass is 10.1. The van der Waals surface area contributed by atoms with E-state index < -0.39 is 11.2 Å². The van der Waals surface area contributed by atoms with Crippen LogP contribution < -0.4 is 0 Å². The highest BCUT2D eigenvalue weighted by atomic mass is 32.2. The molecule has 1 unspecified atom stereocenters. The minimum absolute atomic E-state index is 0.112. The van der Waals surface area contributed by atoms with Crippen molar-refractivity contribution in [3.63, 3.8) is 0 Å². The van der Waals surface area contributed by atoms with E-state index in [0.717, 1.165) is 11.5 Å². The first kappa shape index (κ1) is 17.3. The summed E-state index contributed by atoms with van der Waals surface area (Å²) in [4.78, 5) is 31.7. The molecule has 23 heavy (non-hydrogen) atoms. The van der Waals surface area contributed by atoms with Gasteiger partial charge in [-0.05, 0) is 40.2 Å². The predicted molar refractivity (Wildman–Crippen MR) is 87.2 cm³/mol. The van der Waals surface area contributed by atoms with Crippen LogP contribution in [0.15, 0.2) is 9.64 Å². The maximum atomic E-state index is 12.7. The number of H-pyrrole nitrogens is 1. The molecular weight excluding hydrogens is 316 g/mol. The fourth-order valence-electron chi connectivity index (χ4n) is 2.31. The van der Waals surface area contributed by atoms with Crippen molar-refractivity contribution in [3.8, 4) is 0 Å². The van der Waals surface area contributed by atoms with Crippen LogP contribution in [0.1, 0.15) is 50.5 Å². The predicted octanol–water partition coefficient (Wildman–Crippen LogP) is 3.39. The van der Waals surface area contributed by atoms with Gasteiger partial charge in [-0.3, -0.25) is 4.79 Å². The Labute approximate surface area is 139 Å². The number of aromatic nitrogens is 2. The summed E-state index contributed by atoms with van der Waals surface area (Å²) < 4.78 is 10.3. The van der Waals surface area contributed by atoms with Gasteiger partial charge in [0.2, 0.25) is 0 Å². The zero-order chi connectivity index (χ0) is 17.3. The number of ketones is 1. The van der Waals surface area contributed by atoms with E-state index in [0.29, 0.717) is 27.7 Å². The maximum Gasteiger partial charge on any atom is 0.339 e. The zero-order valence-corrected chi connectivity index (χ0v) is 14.9. The molecule has 2 rings (SSSR count). The molecule has 0 aliphatic carbocycles. The van der Waals surface area contributed by atoms with Gasteiger partial charge in [0, 0.05) is 5.69 Å². The Hall–Kier alpha value is -2.02. The third-order valence-corrected chi connectivity index (χ3v) is 4.67. The molecule has 2 heterocycles. The van der Waals surface area contributed by atoms with Crippen molar-refractivity contribution in [2.24, 2.45) is 0 Å². The number of hydrogen-bond donors (Lipinski definition) is 1. The van der Waals surface area contributed by atoms with E-state index in [1.807, 2.05) is 13.8 Å². The number of nitrogens with zero attached hydrogens (tertiary/aromatic N) is 1. The van der Waals surface area contributed by atoms with Gasteiger partial charge in [0.15, 0.2) is 5.78 Å². The normalized spacial score (nSPS) is 12.3. The van der Waals surface area contributed by atoms with Crippen LogP contribution in [-0.4, -0.2) is 34.1 Å². The van der Waals surface area contributed by atoms with Crippen LogP contribution in [-0.2, 0) is 4.74 Å². The summed E-state index contributed by atoms with van der Waals surface area (Å²) in [5, 5.41) is 0.0738. The smallest absolute Gasteiger partial charge is 0.339 e. The Bertz CT molecular complexity index is 741. The summed E-state index contributed by atoms with van der Waals surface area (Å²) in [6.07, 6.45) is 0. The summed E-state index contributed by atoms with van der Waals surface area (Å²) in [6, 6.07) is 0. The molecule has 0 aliphatic rings. The molecule has 2 aromatic rings. The average Bonchev–Trinajstić information content (AvgIpc) is 2.96. The van der Waals surface area contributed by atoms with Gasteiger partial charge >= 0.3 is 5.97 Å². The van der Waals surface area contributed by atoms with E-state index in [2.05, 4.69) is 9.97 Å². The Balaban J connectivity index is 2.24. The van der Waals surface area contributed by atoms with Gasteiger partial charge in [0.25, 0.3) is 5.22 Å². The van der Waals surface area contributed by atoms with Crippen LogP contribution in [0, 0.1) is 27.7 Å². The number of rotatable bonds is 5. The molecule has 0 radical (unpaired) electrons. The van der Waals surface area contributed by atoms with Crippen molar-refractivity contribution in [2.45, 2.75) is 45.1 Å². The molecule has 124 valence electrons. The number of carbonyl (C=O) groups is 2. The number of nitrogens with one attached hydrogen (secondary N) is 1. The first-order chi connectivity index (χ1) is 10.8. The monoisotopic (exact) mass is 336 g/mol. The van der Waals surface area contributed by atoms with Gasteiger partial charge in [-0.25, -0.2) is 9.78 Å². The number of carbonyl (C=O) groups excluding carboxylic acids is 2. The quantitative estimate of drug-likeness (QED) is 0.512. The highest BCUT2D eigenvalue weighted by molar-refractivity contribution is 8.00. The second-order valence-electron chi connectivity index (χ2n) is 5.36. The van der Waals surface area contributed by atoms with Crippen LogP contribution in [0.3, 0.4) is 0 Å². The number of oxazole rings is 1. The van der Waals surface area contributed by atoms with Crippen molar-refractivity contribution in [3.05, 3.63) is 34.0 Å². The number of thioether (sulfide) groups is 1. The highest BCUT2D eigenvalue weighted by Gasteiger charge is 2.27. The number of Topliss-reactive ketones (excluding diaryl/α,β-unsaturated/α-hetero) is 1. The SMILES string of the molecule is COC(=O)c1c(C)[nH]c(C(=O)C(C)Sc2nc(C)c(C)o2)c1C. The Kier molecular flexibility index (Phi) is 4.99. The Morgan fingerprint density at radius 1 is 1.26 bits per heavy atom. The number of aromatic amines is 1. The van der Waals surface area contributed by atoms with E-state index in [1.54, 1.807) is 20.8 Å². The van der Waals surface area contributed by atoms with Crippen molar-refractivity contribution >= 4 is 23.5 Å². The minimum Gasteiger partial charge on any atom is -0.465 e. The molecule has 0 spiro atoms. The Morgan fingerprint density at radius 2 is 1.91 bits per heavy atom. The molecule has 0 saturated carbocycles. The second kappa shape index (κ2) is 6.62. The third kappa shape index (κ3) is 3.34. The number of aryl methyl sites for hydroxylation is 3. The molecule has 0 aromatic carbocycles. The first-order valence-corrected chi connectivity index (χ1v) is 8.06. The minimum atomic E-state index is -0.449. The van der Waals surface area contributed by atoms with Gasteiger partial charge in [-0.2, -0.15) is 0 Å². The van der Waals surface area contributed by atoms with Crippen molar-refractivity contribution in [2.75, 3.05) is 7.11 Å². The van der Waals surface area contributed by atoms with Crippen LogP contribution in [0.25, 0.3) is 0 Å². The van der Waals surface area contributed by atoms with E-state index in [9.17, 15) is 9.59 Å². The molecule has 0 aliphatic heterocycles. The van der Waals surface area contributed by atoms with Gasteiger partial charge < -0.3 is 14.1 Å². The van der Waals surface area contributed by atoms with Crippen LogP contribution in [0.5, 0.6) is 0 Å². The lowest BCUT2D eigenvalue weighted by Gasteiger charge is -2.07. The second-order valence-corrected chi connectivity index (χ2v) is 6.65. The Morgan fingerprint density at radius 3 is 2.43 bits per heavy atom. The molecule has 7 heteroatoms. The number of esters is 1. The zero-order valence-electron chi connectivity index (χ0n) is 14.1. The van der Waals surface area contributed by atoms with Crippen LogP contribution >= 0.6 is 11.8 Å². The molecule has 1 N–H and O–H groups in total. The van der Waals surface area contributed by atoms with Crippen molar-refractivity contribution in [1.29, 1.82) is 0 Å². The number of methoxy groups -OCH3 is 1. The molecular formula is C16H20N2O4S. The first-order valence-electron chi connectivity index (χ1n) is 7.18. The van der Waals surface area contributed by atoms with Gasteiger partial charge in [-0.1, -0.05) is 11.8 Å². The van der Waals surface area contributed by atoms with Crippen molar-refractivity contribution in [1.82, 2.24) is 9.97 Å². The van der Waals surface area contributed by atoms with E-state index in [4.69, 9.17) is 9.15 Å². The fourth-order valence-corrected chi connectivity index (χ4v) is 3.20. The van der Waals surface area contributed by atoms with Gasteiger partial charge in [0.1, 0.15) is 5.76 Å². The van der Waals surface area contributed by atoms with Gasteiger partial charge in [0.05, 0.1) is 29.3 Å². The third-order valence-electron chi connectivity index (χ3n) is 3.73. The van der Waals surface area contributed by atoms with E-state index >= 15 is 0 Å². The average molecular weight is 336 g/mol. The largest absolute Gasteiger partial charge is 0.465 e. The molecule has 0 saturated heterocycles. The number of ether oxygens (including phenoxy) is 1. The standard InChI is InChI=1S/C16H20N2O4S/c1-7-12(15(20)21-6)9(3)17-13(7)14(19)11(5)23-16-18-8(2)10(4)22-16/h11,17H,1-6H3. The van der Waals surface area contributed by atoms with E-state index in [1.165, 1.54) is 18.9 Å². The van der Waals surface area contributed by atoms with Crippen LogP contribution in [0.4, 0.5) is 0 Å². The van der Waals surface area contributed by atoms with Crippen molar-refractivity contribution < 1.29 is 18.7 Å². The molecule has 6 nitrogen and oxygen atoms in total. The topological polar surface area (TPSA) is 85.2 Å². The molecule has 1 atom stereocenters. The summed E-state index contributed by atoms with van der Waals surface area (Å²) in [5.74, 6) is 0.181. The summed E-state index contributed by atoms with van der Waals surface area (Å²) in [7, 11) is 1.32. The van der Waals surface area contributed by atoms with E-state index in [-0.39, 0.29) is 5.78 Å². The molecule has 0 fully saturated rings. The highest BCUT2D eigenvalue weighted by Crippen LogP contribution is 2.28. The van der Waals surface area contributed by atoms with Crippen LogP contribution in [0.2, 0.25) is 0 Å². The molecule has 2 aromatic heterocycles. The summed E-state index contributed by atoms with van der Waals surface area (Å²) >= 11 is 1.26. The summed E-state index contributed by atoms with van der Waals surface area (Å²) in [6.45, 7) is 8.96. The molecule has 0 bridgehead atoms. The lowest BCUT2D eigenvalue weighted by Crippen LogP contribution is -2.15. The number of hydrogen-bond acceptors (Lipinski definition) is 6. The summed E-state index contributed by atoms with van der Waals surface area (Å²) in [5.41, 5.74) is 2.87. The maximum absolute atomic E-state index is 12.7. The molecule has 0 amide bonds.